The van der Waals surface area contributed by atoms with Crippen molar-refractivity contribution in [2.75, 3.05) is 32.2 Å². The Labute approximate surface area is 358 Å². The van der Waals surface area contributed by atoms with Gasteiger partial charge in [0.2, 0.25) is 5.91 Å². The molecule has 0 aliphatic carbocycles. The number of imidazole rings is 1. The van der Waals surface area contributed by atoms with Crippen LogP contribution in [0.25, 0.3) is 11.2 Å². The molecular weight excluding hydrogens is 810 g/mol. The van der Waals surface area contributed by atoms with Crippen LogP contribution in [0.4, 0.5) is 5.82 Å². The Kier molecular flexibility index (Phi) is 16.8. The number of para-hydroxylation sites is 1. The molecule has 1 aliphatic heterocycles. The molecule has 3 heterocycles. The quantitative estimate of drug-likeness (QED) is 0.0450. The predicted molar refractivity (Wildman–Crippen MR) is 235 cm³/mol. The summed E-state index contributed by atoms with van der Waals surface area (Å²) >= 11 is 0. The molecule has 2 N–H and O–H groups in total. The van der Waals surface area contributed by atoms with Crippen molar-refractivity contribution in [2.45, 2.75) is 114 Å². The Bertz CT molecular complexity index is 2030. The second-order valence-electron chi connectivity index (χ2n) is 14.9. The van der Waals surface area contributed by atoms with E-state index in [0.29, 0.717) is 42.8 Å². The fraction of sp³-hybridized carbons (Fsp3) is 0.500. The smallest absolute Gasteiger partial charge is 0.263 e. The molecule has 0 bridgehead atoms. The summed E-state index contributed by atoms with van der Waals surface area (Å²) in [6, 6.07) is 17.5. The van der Waals surface area contributed by atoms with Gasteiger partial charge < -0.3 is 33.9 Å². The van der Waals surface area contributed by atoms with E-state index in [1.54, 1.807) is 51.7 Å². The van der Waals surface area contributed by atoms with Crippen LogP contribution in [0.1, 0.15) is 74.4 Å². The van der Waals surface area contributed by atoms with Crippen molar-refractivity contribution >= 4 is 58.9 Å². The minimum absolute atomic E-state index is 0.0440. The third-order valence-electron chi connectivity index (χ3n) is 9.26. The first-order valence-corrected chi connectivity index (χ1v) is 22.8. The number of terminal acetylenes is 1. The van der Waals surface area contributed by atoms with Crippen LogP contribution in [0, 0.1) is 12.3 Å². The molecule has 5 rings (SSSR count). The van der Waals surface area contributed by atoms with Crippen LogP contribution in [0.3, 0.4) is 0 Å². The zero-order valence-electron chi connectivity index (χ0n) is 35.7. The highest BCUT2D eigenvalue weighted by atomic mass is 33.1. The van der Waals surface area contributed by atoms with E-state index in [0.717, 1.165) is 10.5 Å². The molecule has 2 amide bonds. The number of nitrogens with one attached hydrogen (secondary N) is 2. The fourth-order valence-electron chi connectivity index (χ4n) is 6.38. The molecule has 1 aliphatic rings. The zero-order chi connectivity index (χ0) is 43.2. The average Bonchev–Trinajstić information content (AvgIpc) is 3.82. The van der Waals surface area contributed by atoms with Crippen LogP contribution >= 0.6 is 30.1 Å². The van der Waals surface area contributed by atoms with Crippen molar-refractivity contribution in [2.24, 2.45) is 0 Å². The number of amides is 2. The molecule has 2 aromatic carbocycles. The summed E-state index contributed by atoms with van der Waals surface area (Å²) in [5.41, 5.74) is 1.91. The van der Waals surface area contributed by atoms with Crippen LogP contribution < -0.4 is 15.4 Å². The first-order chi connectivity index (χ1) is 28.8. The number of anilines is 1. The van der Waals surface area contributed by atoms with Crippen LogP contribution in [-0.2, 0) is 34.5 Å². The highest BCUT2D eigenvalue weighted by Gasteiger charge is 2.48. The molecule has 0 spiro atoms. The second kappa shape index (κ2) is 22.2. The summed E-state index contributed by atoms with van der Waals surface area (Å²) in [5, 5.41) is 5.52. The number of benzene rings is 2. The van der Waals surface area contributed by atoms with Gasteiger partial charge in [-0.1, -0.05) is 63.9 Å². The van der Waals surface area contributed by atoms with Crippen LogP contribution in [0.2, 0.25) is 0 Å². The van der Waals surface area contributed by atoms with E-state index in [1.165, 1.54) is 6.33 Å². The molecule has 17 heteroatoms. The molecular formula is C42H56N7O7PS2. The van der Waals surface area contributed by atoms with Gasteiger partial charge in [-0.05, 0) is 85.0 Å². The lowest BCUT2D eigenvalue weighted by atomic mass is 10.1. The lowest BCUT2D eigenvalue weighted by molar-refractivity contribution is -0.121. The van der Waals surface area contributed by atoms with E-state index in [2.05, 4.69) is 89.9 Å². The topological polar surface area (TPSA) is 151 Å². The molecule has 0 radical (unpaired) electrons. The molecule has 5 atom stereocenters. The number of carbonyl (C=O) groups excluding carboxylic acids is 2. The van der Waals surface area contributed by atoms with Gasteiger partial charge in [0.1, 0.15) is 24.3 Å². The highest BCUT2D eigenvalue weighted by molar-refractivity contribution is 8.77. The lowest BCUT2D eigenvalue weighted by Gasteiger charge is -2.38. The number of methoxy groups -OCH3 is 1. The number of carbonyl (C=O) groups is 2. The Balaban J connectivity index is 1.28. The Morgan fingerprint density at radius 3 is 2.53 bits per heavy atom. The Morgan fingerprint density at radius 2 is 1.81 bits per heavy atom. The van der Waals surface area contributed by atoms with E-state index in [4.69, 9.17) is 31.1 Å². The average molecular weight is 867 g/mol. The molecule has 1 saturated heterocycles. The molecule has 14 nitrogen and oxygen atoms in total. The number of hydrogen-bond acceptors (Lipinski definition) is 13. The SMILES string of the molecule is [2H]C[C@H]1O[C@@H](n2cnc3c(NC(=O)COc4ccccc4)ncnc32)[C@@H](OC)C1OP(OCCc1ccccc1SSC(C)(C)CCC(=O)NCC#C)N(C(C)C)C(C)C. The maximum atomic E-state index is 12.8. The van der Waals surface area contributed by atoms with Gasteiger partial charge in [-0.2, -0.15) is 0 Å². The largest absolute Gasteiger partial charge is 0.484 e. The van der Waals surface area contributed by atoms with Crippen LogP contribution in [-0.4, -0.2) is 98.0 Å². The summed E-state index contributed by atoms with van der Waals surface area (Å²) in [5.74, 6) is 2.79. The van der Waals surface area contributed by atoms with Gasteiger partial charge >= 0.3 is 0 Å². The Hall–Kier alpha value is -3.78. The fourth-order valence-corrected chi connectivity index (χ4v) is 10.7. The molecule has 59 heavy (non-hydrogen) atoms. The van der Waals surface area contributed by atoms with Crippen molar-refractivity contribution in [3.05, 3.63) is 72.8 Å². The predicted octanol–water partition coefficient (Wildman–Crippen LogP) is 7.81. The third-order valence-corrected chi connectivity index (χ3v) is 14.9. The number of rotatable bonds is 22. The van der Waals surface area contributed by atoms with E-state index in [-0.39, 0.29) is 48.6 Å². The van der Waals surface area contributed by atoms with E-state index in [1.807, 2.05) is 30.3 Å². The van der Waals surface area contributed by atoms with E-state index in [9.17, 15) is 9.59 Å². The summed E-state index contributed by atoms with van der Waals surface area (Å²) in [6.45, 7) is 13.0. The van der Waals surface area contributed by atoms with E-state index < -0.39 is 39.0 Å². The van der Waals surface area contributed by atoms with Gasteiger partial charge in [0, 0.05) is 36.6 Å². The van der Waals surface area contributed by atoms with Crippen molar-refractivity contribution in [1.82, 2.24) is 29.5 Å². The number of fused-ring (bicyclic) bond motifs is 1. The Morgan fingerprint density at radius 1 is 1.07 bits per heavy atom. The van der Waals surface area contributed by atoms with Crippen molar-refractivity contribution in [1.29, 1.82) is 0 Å². The first-order valence-electron chi connectivity index (χ1n) is 20.2. The maximum absolute atomic E-state index is 12.8. The molecule has 2 aromatic heterocycles. The van der Waals surface area contributed by atoms with Crippen molar-refractivity contribution < 1.29 is 34.2 Å². The van der Waals surface area contributed by atoms with Gasteiger partial charge in [0.05, 0.1) is 25.6 Å². The molecule has 1 fully saturated rings. The van der Waals surface area contributed by atoms with Crippen molar-refractivity contribution in [3.8, 4) is 18.1 Å². The molecule has 0 saturated carbocycles. The van der Waals surface area contributed by atoms with Gasteiger partial charge in [-0.25, -0.2) is 19.6 Å². The van der Waals surface area contributed by atoms with E-state index >= 15 is 0 Å². The number of ether oxygens (including phenoxy) is 3. The summed E-state index contributed by atoms with van der Waals surface area (Å²) in [4.78, 5) is 39.4. The van der Waals surface area contributed by atoms with Gasteiger partial charge in [-0.3, -0.25) is 14.2 Å². The van der Waals surface area contributed by atoms with Gasteiger partial charge in [-0.15, -0.1) is 6.42 Å². The maximum Gasteiger partial charge on any atom is 0.263 e. The van der Waals surface area contributed by atoms with Crippen LogP contribution in [0.5, 0.6) is 5.75 Å². The third kappa shape index (κ3) is 12.9. The summed E-state index contributed by atoms with van der Waals surface area (Å²) in [7, 11) is 3.37. The summed E-state index contributed by atoms with van der Waals surface area (Å²) < 4.78 is 44.1. The van der Waals surface area contributed by atoms with Gasteiger partial charge in [0.15, 0.2) is 29.8 Å². The summed E-state index contributed by atoms with van der Waals surface area (Å²) in [6.07, 6.45) is 7.18. The van der Waals surface area contributed by atoms with Crippen molar-refractivity contribution in [3.63, 3.8) is 0 Å². The monoisotopic (exact) mass is 866 g/mol. The number of nitrogens with zero attached hydrogens (tertiary/aromatic N) is 5. The zero-order valence-corrected chi connectivity index (χ0v) is 37.2. The molecule has 4 aromatic rings. The standard InChI is InChI=1S/C42H56N7O7PS2/c1-10-23-43-34(50)20-22-42(7,8)59-58-33-19-15-14-16-31(33)21-24-54-57(49(28(2)3)29(4)5)56-37-30(6)55-41(38(37)52-9)48-27-46-36-39(44-26-45-40(36)48)47-35(51)25-53-32-17-12-11-13-18-32/h1,11-19,26-30,37-38,41H,20-25H2,2-9H3,(H,43,50)(H,44,45,47,51)/t30-,37?,38+,41-,57?/m1/s1/i6D. The molecule has 318 valence electrons. The molecule has 2 unspecified atom stereocenters. The second-order valence-corrected chi connectivity index (χ2v) is 19.2. The lowest BCUT2D eigenvalue weighted by Crippen LogP contribution is -2.39. The highest BCUT2D eigenvalue weighted by Crippen LogP contribution is 2.51. The minimum Gasteiger partial charge on any atom is -0.484 e. The number of hydrogen-bond donors (Lipinski definition) is 2. The minimum atomic E-state index is -1.66. The van der Waals surface area contributed by atoms with Gasteiger partial charge in [0.25, 0.3) is 14.4 Å². The normalized spacial score (nSPS) is 18.9. The number of aromatic nitrogens is 4. The first kappa shape index (κ1) is 44.8. The van der Waals surface area contributed by atoms with Crippen LogP contribution in [0.15, 0.2) is 72.1 Å².